The molecule has 1 aliphatic rings. The summed E-state index contributed by atoms with van der Waals surface area (Å²) in [5, 5.41) is 8.74. The van der Waals surface area contributed by atoms with Gasteiger partial charge in [0.1, 0.15) is 0 Å². The summed E-state index contributed by atoms with van der Waals surface area (Å²) in [4.78, 5) is 12.9. The van der Waals surface area contributed by atoms with Crippen LogP contribution in [0.4, 0.5) is 5.69 Å². The van der Waals surface area contributed by atoms with Crippen LogP contribution in [0.5, 0.6) is 0 Å². The highest BCUT2D eigenvalue weighted by atomic mass is 79.9. The number of nitrogens with zero attached hydrogens (tertiary/aromatic N) is 1. The first-order chi connectivity index (χ1) is 9.06. The molecule has 4 heteroatoms. The minimum atomic E-state index is -0.921. The predicted octanol–water partition coefficient (Wildman–Crippen LogP) is 3.78. The van der Waals surface area contributed by atoms with E-state index in [9.17, 15) is 4.79 Å². The summed E-state index contributed by atoms with van der Waals surface area (Å²) in [5.74, 6) is -0.143. The van der Waals surface area contributed by atoms with Gasteiger partial charge in [-0.2, -0.15) is 0 Å². The van der Waals surface area contributed by atoms with E-state index < -0.39 is 5.97 Å². The first-order valence-electron chi connectivity index (χ1n) is 6.48. The fourth-order valence-electron chi connectivity index (χ4n) is 2.31. The van der Waals surface area contributed by atoms with Crippen molar-refractivity contribution in [1.29, 1.82) is 0 Å². The van der Waals surface area contributed by atoms with Crippen LogP contribution in [0.2, 0.25) is 0 Å². The third-order valence-corrected chi connectivity index (χ3v) is 4.06. The normalized spacial score (nSPS) is 15.5. The van der Waals surface area contributed by atoms with Gasteiger partial charge in [-0.3, -0.25) is 0 Å². The van der Waals surface area contributed by atoms with Crippen molar-refractivity contribution < 1.29 is 9.90 Å². The molecule has 1 saturated carbocycles. The number of halogens is 1. The highest BCUT2D eigenvalue weighted by Crippen LogP contribution is 2.31. The Balaban J connectivity index is 2.20. The van der Waals surface area contributed by atoms with E-state index in [2.05, 4.69) is 27.9 Å². The Morgan fingerprint density at radius 3 is 2.84 bits per heavy atom. The lowest BCUT2D eigenvalue weighted by molar-refractivity contribution is -0.131. The lowest BCUT2D eigenvalue weighted by Crippen LogP contribution is -2.29. The molecule has 0 spiro atoms. The summed E-state index contributed by atoms with van der Waals surface area (Å²) in [6, 6.07) is 5.92. The Labute approximate surface area is 122 Å². The summed E-state index contributed by atoms with van der Waals surface area (Å²) >= 11 is 3.47. The van der Waals surface area contributed by atoms with Crippen LogP contribution in [0.1, 0.15) is 24.8 Å². The second-order valence-corrected chi connectivity index (χ2v) is 5.97. The Bertz CT molecular complexity index is 495. The maximum Gasteiger partial charge on any atom is 0.328 e. The molecule has 0 unspecified atom stereocenters. The van der Waals surface area contributed by atoms with Gasteiger partial charge < -0.3 is 10.0 Å². The Kier molecular flexibility index (Phi) is 4.64. The zero-order valence-corrected chi connectivity index (χ0v) is 12.6. The molecule has 0 bridgehead atoms. The van der Waals surface area contributed by atoms with E-state index in [0.29, 0.717) is 0 Å². The van der Waals surface area contributed by atoms with E-state index in [1.165, 1.54) is 25.3 Å². The number of benzene rings is 1. The van der Waals surface area contributed by atoms with Gasteiger partial charge in [0.25, 0.3) is 0 Å². The second kappa shape index (κ2) is 6.24. The predicted molar refractivity (Wildman–Crippen MR) is 81.4 cm³/mol. The molecule has 102 valence electrons. The standard InChI is InChI=1S/C15H18BrNO2/c1-17(10-11-3-2-4-11)14-9-13(16)7-5-12(14)6-8-15(18)19/h5-9,11H,2-4,10H2,1H3,(H,18,19)/b8-6+. The highest BCUT2D eigenvalue weighted by molar-refractivity contribution is 9.10. The molecule has 1 fully saturated rings. The van der Waals surface area contributed by atoms with Gasteiger partial charge in [-0.25, -0.2) is 4.79 Å². The number of hydrogen-bond acceptors (Lipinski definition) is 2. The van der Waals surface area contributed by atoms with Crippen molar-refractivity contribution in [3.63, 3.8) is 0 Å². The van der Waals surface area contributed by atoms with E-state index in [1.807, 2.05) is 18.2 Å². The molecule has 2 rings (SSSR count). The third-order valence-electron chi connectivity index (χ3n) is 3.57. The molecular weight excluding hydrogens is 306 g/mol. The number of rotatable bonds is 5. The van der Waals surface area contributed by atoms with Gasteiger partial charge in [-0.15, -0.1) is 0 Å². The van der Waals surface area contributed by atoms with Gasteiger partial charge in [0, 0.05) is 29.8 Å². The minimum absolute atomic E-state index is 0.778. The van der Waals surface area contributed by atoms with Crippen LogP contribution in [0.3, 0.4) is 0 Å². The van der Waals surface area contributed by atoms with Gasteiger partial charge in [-0.1, -0.05) is 28.4 Å². The summed E-state index contributed by atoms with van der Waals surface area (Å²) in [6.07, 6.45) is 6.78. The molecule has 0 atom stereocenters. The van der Waals surface area contributed by atoms with E-state index in [4.69, 9.17) is 5.11 Å². The van der Waals surface area contributed by atoms with Crippen LogP contribution >= 0.6 is 15.9 Å². The summed E-state index contributed by atoms with van der Waals surface area (Å²) in [5.41, 5.74) is 2.01. The Hall–Kier alpha value is -1.29. The highest BCUT2D eigenvalue weighted by Gasteiger charge is 2.20. The molecule has 0 radical (unpaired) electrons. The maximum atomic E-state index is 10.6. The van der Waals surface area contributed by atoms with E-state index >= 15 is 0 Å². The first kappa shape index (κ1) is 14.1. The zero-order chi connectivity index (χ0) is 13.8. The van der Waals surface area contributed by atoms with Crippen LogP contribution in [0.15, 0.2) is 28.7 Å². The largest absolute Gasteiger partial charge is 0.478 e. The quantitative estimate of drug-likeness (QED) is 0.838. The number of carboxylic acid groups (broad SMARTS) is 1. The molecule has 0 heterocycles. The molecular formula is C15H18BrNO2. The number of anilines is 1. The van der Waals surface area contributed by atoms with Crippen LogP contribution in [-0.4, -0.2) is 24.7 Å². The fourth-order valence-corrected chi connectivity index (χ4v) is 2.66. The van der Waals surface area contributed by atoms with Crippen LogP contribution in [0, 0.1) is 5.92 Å². The average Bonchev–Trinajstić information content (AvgIpc) is 2.31. The summed E-state index contributed by atoms with van der Waals surface area (Å²) in [6.45, 7) is 1.03. The summed E-state index contributed by atoms with van der Waals surface area (Å²) < 4.78 is 1.01. The number of carboxylic acids is 1. The number of carbonyl (C=O) groups is 1. The van der Waals surface area contributed by atoms with E-state index in [-0.39, 0.29) is 0 Å². The fraction of sp³-hybridized carbons (Fsp3) is 0.400. The van der Waals surface area contributed by atoms with Crippen molar-refractivity contribution in [2.75, 3.05) is 18.5 Å². The minimum Gasteiger partial charge on any atom is -0.478 e. The van der Waals surface area contributed by atoms with Crippen LogP contribution in [-0.2, 0) is 4.79 Å². The lowest BCUT2D eigenvalue weighted by atomic mass is 9.85. The molecule has 0 aromatic heterocycles. The molecule has 1 aliphatic carbocycles. The lowest BCUT2D eigenvalue weighted by Gasteiger charge is -2.32. The number of hydrogen-bond donors (Lipinski definition) is 1. The van der Waals surface area contributed by atoms with Crippen molar-refractivity contribution in [1.82, 2.24) is 0 Å². The molecule has 1 N–H and O–H groups in total. The van der Waals surface area contributed by atoms with E-state index in [0.717, 1.165) is 28.2 Å². The molecule has 0 saturated heterocycles. The van der Waals surface area contributed by atoms with Gasteiger partial charge in [0.15, 0.2) is 0 Å². The van der Waals surface area contributed by atoms with Gasteiger partial charge in [-0.05, 0) is 42.5 Å². The second-order valence-electron chi connectivity index (χ2n) is 5.05. The topological polar surface area (TPSA) is 40.5 Å². The van der Waals surface area contributed by atoms with Crippen molar-refractivity contribution in [3.05, 3.63) is 34.3 Å². The molecule has 19 heavy (non-hydrogen) atoms. The monoisotopic (exact) mass is 323 g/mol. The Morgan fingerprint density at radius 1 is 1.53 bits per heavy atom. The summed E-state index contributed by atoms with van der Waals surface area (Å²) in [7, 11) is 2.07. The molecule has 1 aromatic carbocycles. The third kappa shape index (κ3) is 3.83. The van der Waals surface area contributed by atoms with Crippen molar-refractivity contribution >= 4 is 33.7 Å². The van der Waals surface area contributed by atoms with Gasteiger partial charge in [0.2, 0.25) is 0 Å². The van der Waals surface area contributed by atoms with Crippen LogP contribution < -0.4 is 4.90 Å². The average molecular weight is 324 g/mol. The Morgan fingerprint density at radius 2 is 2.26 bits per heavy atom. The zero-order valence-electron chi connectivity index (χ0n) is 11.0. The molecule has 3 nitrogen and oxygen atoms in total. The van der Waals surface area contributed by atoms with Gasteiger partial charge >= 0.3 is 5.97 Å². The SMILES string of the molecule is CN(CC1CCC1)c1cc(Br)ccc1/C=C/C(=O)O. The maximum absolute atomic E-state index is 10.6. The van der Waals surface area contributed by atoms with E-state index in [1.54, 1.807) is 6.08 Å². The molecule has 0 amide bonds. The van der Waals surface area contributed by atoms with Crippen molar-refractivity contribution in [2.45, 2.75) is 19.3 Å². The van der Waals surface area contributed by atoms with Crippen molar-refractivity contribution in [2.24, 2.45) is 5.92 Å². The number of aliphatic carboxylic acids is 1. The molecule has 0 aliphatic heterocycles. The molecule has 1 aromatic rings. The smallest absolute Gasteiger partial charge is 0.328 e. The van der Waals surface area contributed by atoms with Gasteiger partial charge in [0.05, 0.1) is 0 Å². The van der Waals surface area contributed by atoms with Crippen molar-refractivity contribution in [3.8, 4) is 0 Å². The van der Waals surface area contributed by atoms with Crippen LogP contribution in [0.25, 0.3) is 6.08 Å². The first-order valence-corrected chi connectivity index (χ1v) is 7.27.